The number of amides is 3. The van der Waals surface area contributed by atoms with Gasteiger partial charge in [-0.05, 0) is 0 Å². The average molecular weight is 2180 g/mol. The summed E-state index contributed by atoms with van der Waals surface area (Å²) in [4.78, 5) is 89.3. The van der Waals surface area contributed by atoms with E-state index in [0.717, 1.165) is 20.8 Å². The zero-order valence-corrected chi connectivity index (χ0v) is 78.5. The van der Waals surface area contributed by atoms with Crippen molar-refractivity contribution in [2.75, 3.05) is 79.2 Å². The Labute approximate surface area is 827 Å². The van der Waals surface area contributed by atoms with Crippen LogP contribution >= 0.6 is 7.82 Å². The summed E-state index contributed by atoms with van der Waals surface area (Å²) in [6.45, 7) is -13.2. The van der Waals surface area contributed by atoms with Gasteiger partial charge in [0, 0.05) is 46.6 Å². The van der Waals surface area contributed by atoms with E-state index in [9.17, 15) is 217 Å². The lowest BCUT2D eigenvalue weighted by atomic mass is 9.87. The quantitative estimate of drug-likeness (QED) is 0.0252. The molecule has 10 heterocycles. The van der Waals surface area contributed by atoms with Crippen molar-refractivity contribution in [3.63, 3.8) is 0 Å². The highest BCUT2D eigenvalue weighted by Crippen LogP contribution is 2.50. The number of hydrogen-bond acceptors (Lipinski definition) is 61. The largest absolute Gasteiger partial charge is 0.477 e. The summed E-state index contributed by atoms with van der Waals surface area (Å²) in [7, 11) is -5.71. The summed E-state index contributed by atoms with van der Waals surface area (Å²) in [5, 5.41) is 402. The molecule has 10 saturated heterocycles. The Morgan fingerprint density at radius 1 is 0.367 bits per heavy atom. The molecule has 3 amide bonds. The second kappa shape index (κ2) is 52.6. The first-order valence-electron chi connectivity index (χ1n) is 45.6. The van der Waals surface area contributed by atoms with E-state index in [2.05, 4.69) is 16.0 Å². The molecular weight excluding hydrogens is 2050 g/mol. The molecule has 41 N–H and O–H groups in total. The second-order valence-corrected chi connectivity index (χ2v) is 37.6. The summed E-state index contributed by atoms with van der Waals surface area (Å²) in [6.07, 6.45) is -126. The Hall–Kier alpha value is -5.15. The maximum Gasteiger partial charge on any atom is 0.472 e. The number of aliphatic hydroxyl groups is 32. The fourth-order valence-corrected chi connectivity index (χ4v) is 19.3. The van der Waals surface area contributed by atoms with Crippen LogP contribution in [0.5, 0.6) is 0 Å². The number of aliphatic carboxylic acids is 3. The average Bonchev–Trinajstić information content (AvgIpc) is 0.739. The van der Waals surface area contributed by atoms with Gasteiger partial charge in [0.25, 0.3) is 17.4 Å². The first kappa shape index (κ1) is 124. The van der Waals surface area contributed by atoms with E-state index < -0.39 is 472 Å². The number of carbonyl (C=O) groups excluding carboxylic acids is 3. The molecule has 69 heteroatoms. The smallest absolute Gasteiger partial charge is 0.472 e. The van der Waals surface area contributed by atoms with Crippen LogP contribution in [-0.4, -0.2) is 628 Å². The van der Waals surface area contributed by atoms with Crippen molar-refractivity contribution in [3.05, 3.63) is 0 Å². The molecule has 0 aromatic carbocycles. The van der Waals surface area contributed by atoms with E-state index in [4.69, 9.17) is 105 Å². The fraction of sp³-hybridized carbons (Fsp3) is 0.923. The highest BCUT2D eigenvalue weighted by Gasteiger charge is 2.68. The lowest BCUT2D eigenvalue weighted by Gasteiger charge is -2.53. The fourth-order valence-electron chi connectivity index (χ4n) is 18.4. The monoisotopic (exact) mass is 2180 g/mol. The van der Waals surface area contributed by atoms with Crippen LogP contribution in [0.25, 0.3) is 0 Å². The van der Waals surface area contributed by atoms with E-state index in [1.165, 1.54) is 0 Å². The number of aliphatic hydroxyl groups excluding tert-OH is 31. The summed E-state index contributed by atoms with van der Waals surface area (Å²) in [5.41, 5.74) is 5.51. The van der Waals surface area contributed by atoms with Crippen LogP contribution in [0.1, 0.15) is 40.0 Å². The Morgan fingerprint density at radius 3 is 1.25 bits per heavy atom. The van der Waals surface area contributed by atoms with Gasteiger partial charge >= 0.3 is 25.7 Å². The molecule has 68 nitrogen and oxygen atoms in total. The SMILES string of the molecule is CC(=O)N[C@H]1[C@H](O[C@@H]2[C@H](O)[C@@H](O)[C@H](O[C@H]3[C@H](O)[C@@H]([C@@H](O)CO)O[C@H](O[C@@H]4[C@H](O)[C@@H](O[C@H]5[C@@H]([C@H](O)CO)O[C@@](O)(C(=O)O)C[C@H]5O)O[C@H]([C@H](CO)OP(=O)(O)OCCN)[C@H]4O[C@@H]4O[C@H](CO)[C@@H](O)[C@H](O)[C@H]4O)[C@H]3O[C@@H]3O[C@H](CO)[C@@H](O)[C@H](O)[C@H]3O)O[C@@H]2CO)O[C@H](CO)[C@H](O)[C@@H]1O[C@@H]1O[C@H](CO)[C@H](O)[C@H](O[C@]2(C(=O)O)C[C@H](O)[C@@H](NC(C)=O)[C@H]([C@H](O)[C@@H](CO)O[C@]3(C(=O)O)C[C@H](O)[C@@H](NC(C)=O)[C@H]([C@H](O)[C@H](O)CO)O3)O2)[C@H]1O. The molecule has 10 aliphatic heterocycles. The molecule has 0 spiro atoms. The van der Waals surface area contributed by atoms with Gasteiger partial charge < -0.3 is 295 Å². The zero-order valence-electron chi connectivity index (χ0n) is 77.6. The maximum atomic E-state index is 13.9. The van der Waals surface area contributed by atoms with Crippen LogP contribution < -0.4 is 21.7 Å². The highest BCUT2D eigenvalue weighted by molar-refractivity contribution is 7.47. The Balaban J connectivity index is 0.999. The van der Waals surface area contributed by atoms with E-state index in [1.54, 1.807) is 0 Å². The lowest BCUT2D eigenvalue weighted by molar-refractivity contribution is -0.423. The molecule has 0 saturated carbocycles. The molecule has 1 unspecified atom stereocenters. The molecule has 0 aromatic heterocycles. The van der Waals surface area contributed by atoms with Gasteiger partial charge in [0.1, 0.15) is 238 Å². The van der Waals surface area contributed by atoms with Gasteiger partial charge in [-0.3, -0.25) is 23.4 Å². The zero-order chi connectivity index (χ0) is 109. The van der Waals surface area contributed by atoms with Crippen molar-refractivity contribution in [3.8, 4) is 0 Å². The van der Waals surface area contributed by atoms with Gasteiger partial charge in [-0.2, -0.15) is 0 Å². The maximum absolute atomic E-state index is 13.9. The summed E-state index contributed by atoms with van der Waals surface area (Å²) in [5.74, 6) is -20.7. The van der Waals surface area contributed by atoms with Crippen molar-refractivity contribution in [2.24, 2.45) is 5.73 Å². The third kappa shape index (κ3) is 27.4. The lowest BCUT2D eigenvalue weighted by Crippen LogP contribution is -2.72. The predicted octanol–water partition coefficient (Wildman–Crippen LogP) is -25.3. The normalized spacial score (nSPS) is 45.3. The van der Waals surface area contributed by atoms with Crippen LogP contribution in [0.2, 0.25) is 0 Å². The second-order valence-electron chi connectivity index (χ2n) is 36.2. The van der Waals surface area contributed by atoms with E-state index in [0.29, 0.717) is 0 Å². The minimum absolute atomic E-state index is 0.543. The topological polar surface area (TPSA) is 1100 Å². The van der Waals surface area contributed by atoms with Gasteiger partial charge in [0.05, 0.1) is 103 Å². The number of rotatable bonds is 46. The number of carboxylic acid groups (broad SMARTS) is 3. The molecule has 852 valence electrons. The Bertz CT molecular complexity index is 4240. The molecule has 10 rings (SSSR count). The van der Waals surface area contributed by atoms with E-state index in [1.807, 2.05) is 0 Å². The van der Waals surface area contributed by atoms with Crippen LogP contribution in [0.4, 0.5) is 0 Å². The summed E-state index contributed by atoms with van der Waals surface area (Å²) >= 11 is 0. The number of phosphoric ester groups is 1. The van der Waals surface area contributed by atoms with Gasteiger partial charge in [0.2, 0.25) is 17.7 Å². The van der Waals surface area contributed by atoms with Crippen molar-refractivity contribution in [1.29, 1.82) is 0 Å². The van der Waals surface area contributed by atoms with Crippen molar-refractivity contribution in [1.82, 2.24) is 16.0 Å². The van der Waals surface area contributed by atoms with Crippen LogP contribution in [0.15, 0.2) is 0 Å². The Morgan fingerprint density at radius 2 is 0.769 bits per heavy atom. The van der Waals surface area contributed by atoms with Gasteiger partial charge in [0.15, 0.2) is 44.0 Å². The molecule has 10 fully saturated rings. The minimum atomic E-state index is -5.71. The Kier molecular flexibility index (Phi) is 44.3. The molecule has 0 aliphatic carbocycles. The molecule has 147 heavy (non-hydrogen) atoms. The van der Waals surface area contributed by atoms with Crippen LogP contribution in [0.3, 0.4) is 0 Å². The van der Waals surface area contributed by atoms with E-state index >= 15 is 0 Å². The number of carbonyl (C=O) groups is 6. The third-order valence-corrected chi connectivity index (χ3v) is 27.0. The molecular formula is C78H131N4O64P. The van der Waals surface area contributed by atoms with Gasteiger partial charge in [-0.15, -0.1) is 0 Å². The number of phosphoric acid groups is 1. The van der Waals surface area contributed by atoms with Crippen molar-refractivity contribution < 1.29 is 316 Å². The van der Waals surface area contributed by atoms with Crippen molar-refractivity contribution >= 4 is 43.5 Å². The molecule has 55 atom stereocenters. The van der Waals surface area contributed by atoms with E-state index in [-0.39, 0.29) is 0 Å². The molecule has 10 aliphatic rings. The first-order valence-corrected chi connectivity index (χ1v) is 47.1. The number of nitrogens with one attached hydrogen (secondary N) is 3. The standard InChI is InChI=1S/C78H131N4O64P/c1-19(93)80-35-22(96)7-77(74(119)120,143-59(35)38(102)25(99)9-83)141-32(16-90)43(107)60-36(81-20(2)94)23(97)8-78(144-60,75(121)122)145-61-42(106)31(15-89)130-70(51(61)115)136-58-37(82-21(3)95)66(127-30(14-88)41(58)105)134-56-33(17-91)131-69(49(113)46(56)110)137-62-50(114)53(26(100)10-84)132-72(65(62)140-68-48(112)45(109)40(104)29(13-87)129-68)138-63-52(116)71(133-54-24(98)6-76(123,73(117)118)142-55(54)27(101)11-85)135-57(34(18-92)146-147(124,125)126-5-4-79)64(63)139-67-47(111)44(108)39(103)28(12-86)128-67/h22-72,83-92,96-116,123H,4-18,79H2,1-3H3,(H,80,93)(H,81,94)(H,82,95)(H,117,118)(H,119,120)(H,121,122)(H,124,125)/t22-,23-,24+,25+,26-,27+,28+,29+,30+,31+,32+,33+,34-,35+,36+,37+,38+,39+,40+,41-,42-,43+,44-,45-,46+,47+,48+,49+,50+,51+,52-,53+,54+,55+,56-,57+,58+,59+,60+,61-,62-,63+,64+,65-,66-,67-,68-,69-,70-,71-,72+,76+,77+,78-/m0/s1. The molecule has 0 radical (unpaired) electrons. The molecule has 0 bridgehead atoms. The molecule has 0 aromatic rings. The van der Waals surface area contributed by atoms with Crippen LogP contribution in [0, 0.1) is 0 Å². The predicted molar refractivity (Wildman–Crippen MR) is 446 cm³/mol. The summed E-state index contributed by atoms with van der Waals surface area (Å²) in [6, 6.07) is -6.22. The van der Waals surface area contributed by atoms with Gasteiger partial charge in [-0.1, -0.05) is 0 Å². The van der Waals surface area contributed by atoms with Crippen LogP contribution in [-0.2, 0) is 132 Å². The summed E-state index contributed by atoms with van der Waals surface area (Å²) < 4.78 is 136. The highest BCUT2D eigenvalue weighted by atomic mass is 31.2. The van der Waals surface area contributed by atoms with Crippen molar-refractivity contribution in [2.45, 2.75) is 370 Å². The number of carboxylic acids is 3. The third-order valence-electron chi connectivity index (χ3n) is 25.9. The first-order chi connectivity index (χ1) is 69.0. The number of nitrogens with two attached hydrogens (primary N) is 1. The van der Waals surface area contributed by atoms with Gasteiger partial charge in [-0.25, -0.2) is 18.9 Å². The minimum Gasteiger partial charge on any atom is -0.477 e. The number of ether oxygens (including phenoxy) is 19. The number of hydrogen-bond donors (Lipinski definition) is 40.